The van der Waals surface area contributed by atoms with Crippen molar-refractivity contribution in [2.45, 2.75) is 0 Å². The number of fused-ring (bicyclic) bond motifs is 1. The molecule has 2 aromatic rings. The van der Waals surface area contributed by atoms with Gasteiger partial charge in [0.05, 0.1) is 4.47 Å². The zero-order chi connectivity index (χ0) is 9.42. The Bertz CT molecular complexity index is 478. The standard InChI is InChI=1S/C8H5BrN2O2/c9-5-3-10-7-2-1-6(8(12)13)11(7)4-5/h1-4H,(H,12,13). The Kier molecular flexibility index (Phi) is 1.81. The molecule has 2 aromatic heterocycles. The van der Waals surface area contributed by atoms with Crippen molar-refractivity contribution in [3.8, 4) is 0 Å². The molecule has 0 spiro atoms. The summed E-state index contributed by atoms with van der Waals surface area (Å²) in [6.07, 6.45) is 3.30. The van der Waals surface area contributed by atoms with Gasteiger partial charge in [0.2, 0.25) is 0 Å². The minimum atomic E-state index is -0.958. The summed E-state index contributed by atoms with van der Waals surface area (Å²) in [5.41, 5.74) is 0.837. The fourth-order valence-corrected chi connectivity index (χ4v) is 1.44. The van der Waals surface area contributed by atoms with E-state index in [1.807, 2.05) is 0 Å². The third kappa shape index (κ3) is 1.31. The maximum Gasteiger partial charge on any atom is 0.352 e. The summed E-state index contributed by atoms with van der Waals surface area (Å²) in [6, 6.07) is 3.19. The first-order valence-electron chi connectivity index (χ1n) is 3.54. The van der Waals surface area contributed by atoms with Gasteiger partial charge < -0.3 is 5.11 Å². The average Bonchev–Trinajstić information content (AvgIpc) is 2.46. The fourth-order valence-electron chi connectivity index (χ4n) is 1.14. The van der Waals surface area contributed by atoms with Gasteiger partial charge in [-0.3, -0.25) is 4.40 Å². The predicted molar refractivity (Wildman–Crippen MR) is 49.9 cm³/mol. The maximum absolute atomic E-state index is 10.7. The van der Waals surface area contributed by atoms with Crippen molar-refractivity contribution in [3.63, 3.8) is 0 Å². The third-order valence-corrected chi connectivity index (χ3v) is 2.10. The lowest BCUT2D eigenvalue weighted by Gasteiger charge is -1.97. The number of rotatable bonds is 1. The van der Waals surface area contributed by atoms with E-state index in [-0.39, 0.29) is 5.69 Å². The van der Waals surface area contributed by atoms with E-state index in [1.54, 1.807) is 18.5 Å². The summed E-state index contributed by atoms with van der Waals surface area (Å²) >= 11 is 3.22. The monoisotopic (exact) mass is 240 g/mol. The second-order valence-corrected chi connectivity index (χ2v) is 3.44. The molecule has 13 heavy (non-hydrogen) atoms. The van der Waals surface area contributed by atoms with Crippen LogP contribution in [0.4, 0.5) is 0 Å². The number of carbonyl (C=O) groups is 1. The van der Waals surface area contributed by atoms with Gasteiger partial charge in [0.15, 0.2) is 0 Å². The highest BCUT2D eigenvalue weighted by Crippen LogP contribution is 2.12. The number of nitrogens with zero attached hydrogens (tertiary/aromatic N) is 2. The first kappa shape index (κ1) is 8.25. The molecule has 0 bridgehead atoms. The number of carboxylic acid groups (broad SMARTS) is 1. The number of hydrogen-bond acceptors (Lipinski definition) is 2. The summed E-state index contributed by atoms with van der Waals surface area (Å²) in [6.45, 7) is 0. The van der Waals surface area contributed by atoms with E-state index in [2.05, 4.69) is 20.9 Å². The van der Waals surface area contributed by atoms with Crippen LogP contribution in [0.3, 0.4) is 0 Å². The molecule has 0 saturated heterocycles. The van der Waals surface area contributed by atoms with Crippen molar-refractivity contribution in [2.24, 2.45) is 0 Å². The lowest BCUT2D eigenvalue weighted by molar-refractivity contribution is 0.0689. The molecule has 0 aliphatic carbocycles. The van der Waals surface area contributed by atoms with E-state index in [9.17, 15) is 4.79 Å². The molecule has 0 unspecified atom stereocenters. The number of halogens is 1. The van der Waals surface area contributed by atoms with Gasteiger partial charge in [0.25, 0.3) is 0 Å². The maximum atomic E-state index is 10.7. The van der Waals surface area contributed by atoms with Gasteiger partial charge in [-0.25, -0.2) is 9.78 Å². The number of carboxylic acids is 1. The van der Waals surface area contributed by atoms with Crippen LogP contribution < -0.4 is 0 Å². The van der Waals surface area contributed by atoms with Crippen LogP contribution in [-0.4, -0.2) is 20.5 Å². The molecule has 0 radical (unpaired) electrons. The summed E-state index contributed by atoms with van der Waals surface area (Å²) in [5, 5.41) is 8.80. The summed E-state index contributed by atoms with van der Waals surface area (Å²) in [4.78, 5) is 14.8. The normalized spacial score (nSPS) is 10.5. The minimum Gasteiger partial charge on any atom is -0.477 e. The minimum absolute atomic E-state index is 0.212. The molecule has 0 atom stereocenters. The Balaban J connectivity index is 2.79. The third-order valence-electron chi connectivity index (χ3n) is 1.69. The Morgan fingerprint density at radius 2 is 2.31 bits per heavy atom. The highest BCUT2D eigenvalue weighted by atomic mass is 79.9. The quantitative estimate of drug-likeness (QED) is 0.828. The highest BCUT2D eigenvalue weighted by Gasteiger charge is 2.08. The lowest BCUT2D eigenvalue weighted by Crippen LogP contribution is -2.01. The molecule has 66 valence electrons. The molecule has 0 aromatic carbocycles. The van der Waals surface area contributed by atoms with Crippen LogP contribution in [0.5, 0.6) is 0 Å². The zero-order valence-electron chi connectivity index (χ0n) is 6.44. The van der Waals surface area contributed by atoms with Gasteiger partial charge >= 0.3 is 5.97 Å². The molecule has 0 amide bonds. The summed E-state index contributed by atoms with van der Waals surface area (Å²) < 4.78 is 2.27. The molecular weight excluding hydrogens is 236 g/mol. The topological polar surface area (TPSA) is 54.6 Å². The first-order chi connectivity index (χ1) is 6.18. The van der Waals surface area contributed by atoms with E-state index in [0.29, 0.717) is 5.65 Å². The summed E-state index contributed by atoms with van der Waals surface area (Å²) in [5.74, 6) is -0.958. The van der Waals surface area contributed by atoms with Gasteiger partial charge in [-0.2, -0.15) is 0 Å². The van der Waals surface area contributed by atoms with Crippen LogP contribution in [0.2, 0.25) is 0 Å². The predicted octanol–water partition coefficient (Wildman–Crippen LogP) is 1.79. The smallest absolute Gasteiger partial charge is 0.352 e. The van der Waals surface area contributed by atoms with Crippen molar-refractivity contribution >= 4 is 27.5 Å². The average molecular weight is 241 g/mol. The SMILES string of the molecule is O=C(O)c1ccc2ncc(Br)cn12. The molecule has 5 heteroatoms. The van der Waals surface area contributed by atoms with Crippen LogP contribution in [0, 0.1) is 0 Å². The van der Waals surface area contributed by atoms with Crippen LogP contribution in [0.15, 0.2) is 29.0 Å². The van der Waals surface area contributed by atoms with Crippen molar-refractivity contribution in [3.05, 3.63) is 34.7 Å². The van der Waals surface area contributed by atoms with Gasteiger partial charge in [-0.1, -0.05) is 0 Å². The molecule has 1 N–H and O–H groups in total. The van der Waals surface area contributed by atoms with E-state index in [4.69, 9.17) is 5.11 Å². The molecule has 0 fully saturated rings. The number of aromatic carboxylic acids is 1. The van der Waals surface area contributed by atoms with E-state index in [0.717, 1.165) is 4.47 Å². The number of aromatic nitrogens is 2. The second kappa shape index (κ2) is 2.85. The molecule has 0 aliphatic rings. The van der Waals surface area contributed by atoms with Gasteiger partial charge in [0.1, 0.15) is 11.3 Å². The van der Waals surface area contributed by atoms with Crippen molar-refractivity contribution in [1.29, 1.82) is 0 Å². The largest absolute Gasteiger partial charge is 0.477 e. The molecule has 2 rings (SSSR count). The van der Waals surface area contributed by atoms with Crippen LogP contribution >= 0.6 is 15.9 Å². The van der Waals surface area contributed by atoms with Gasteiger partial charge in [-0.05, 0) is 28.1 Å². The Hall–Kier alpha value is -1.36. The summed E-state index contributed by atoms with van der Waals surface area (Å²) in [7, 11) is 0. The zero-order valence-corrected chi connectivity index (χ0v) is 8.02. The molecular formula is C8H5BrN2O2. The van der Waals surface area contributed by atoms with Crippen LogP contribution in [-0.2, 0) is 0 Å². The first-order valence-corrected chi connectivity index (χ1v) is 4.33. The second-order valence-electron chi connectivity index (χ2n) is 2.52. The molecule has 2 heterocycles. The molecule has 0 aliphatic heterocycles. The number of hydrogen-bond donors (Lipinski definition) is 1. The van der Waals surface area contributed by atoms with Crippen molar-refractivity contribution in [1.82, 2.24) is 9.38 Å². The van der Waals surface area contributed by atoms with E-state index < -0.39 is 5.97 Å². The van der Waals surface area contributed by atoms with E-state index >= 15 is 0 Å². The Morgan fingerprint density at radius 1 is 1.54 bits per heavy atom. The van der Waals surface area contributed by atoms with Crippen molar-refractivity contribution < 1.29 is 9.90 Å². The van der Waals surface area contributed by atoms with E-state index in [1.165, 1.54) is 10.5 Å². The van der Waals surface area contributed by atoms with Crippen LogP contribution in [0.1, 0.15) is 10.5 Å². The fraction of sp³-hybridized carbons (Fsp3) is 0. The van der Waals surface area contributed by atoms with Crippen LogP contribution in [0.25, 0.3) is 5.65 Å². The Labute approximate surface area is 82.0 Å². The Morgan fingerprint density at radius 3 is 3.00 bits per heavy atom. The highest BCUT2D eigenvalue weighted by molar-refractivity contribution is 9.10. The lowest BCUT2D eigenvalue weighted by atomic mass is 10.4. The molecule has 0 saturated carbocycles. The van der Waals surface area contributed by atoms with Crippen molar-refractivity contribution in [2.75, 3.05) is 0 Å². The molecule has 4 nitrogen and oxygen atoms in total. The van der Waals surface area contributed by atoms with Gasteiger partial charge in [0, 0.05) is 12.4 Å². The van der Waals surface area contributed by atoms with Gasteiger partial charge in [-0.15, -0.1) is 0 Å².